The quantitative estimate of drug-likeness (QED) is 0.382. The van der Waals surface area contributed by atoms with E-state index < -0.39 is 5.97 Å². The molecule has 0 radical (unpaired) electrons. The zero-order valence-corrected chi connectivity index (χ0v) is 22.1. The van der Waals surface area contributed by atoms with Gasteiger partial charge < -0.3 is 14.6 Å². The zero-order chi connectivity index (χ0) is 22.8. The van der Waals surface area contributed by atoms with Crippen LogP contribution in [0, 0.1) is 5.82 Å². The normalized spacial score (nSPS) is 14.7. The van der Waals surface area contributed by atoms with E-state index in [0.29, 0.717) is 17.9 Å². The Morgan fingerprint density at radius 1 is 1.15 bits per heavy atom. The van der Waals surface area contributed by atoms with Gasteiger partial charge in [-0.3, -0.25) is 0 Å². The number of benzene rings is 3. The number of hydrogen-bond donors (Lipinski definition) is 0. The van der Waals surface area contributed by atoms with Gasteiger partial charge in [0.1, 0.15) is 23.2 Å². The Labute approximate surface area is 227 Å². The third kappa shape index (κ3) is 5.56. The number of carboxylic acids is 1. The van der Waals surface area contributed by atoms with Crippen molar-refractivity contribution in [2.45, 2.75) is 18.3 Å². The molecule has 0 fully saturated rings. The van der Waals surface area contributed by atoms with Crippen molar-refractivity contribution in [3.05, 3.63) is 93.7 Å². The second-order valence-electron chi connectivity index (χ2n) is 7.66. The van der Waals surface area contributed by atoms with E-state index in [9.17, 15) is 14.3 Å². The molecule has 1 aliphatic heterocycles. The van der Waals surface area contributed by atoms with Crippen LogP contribution in [0.1, 0.15) is 38.9 Å². The number of fused-ring (bicyclic) bond motifs is 3. The van der Waals surface area contributed by atoms with Crippen molar-refractivity contribution in [1.82, 2.24) is 4.98 Å². The van der Waals surface area contributed by atoms with Gasteiger partial charge in [-0.1, -0.05) is 36.4 Å². The number of carbonyl (C=O) groups excluding carboxylic acids is 1. The first-order valence-electron chi connectivity index (χ1n) is 10.5. The molecule has 4 aromatic rings. The summed E-state index contributed by atoms with van der Waals surface area (Å²) >= 11 is 3.09. The van der Waals surface area contributed by atoms with Gasteiger partial charge in [0.05, 0.1) is 15.5 Å². The minimum absolute atomic E-state index is 0. The maximum atomic E-state index is 13.5. The molecule has 0 bridgehead atoms. The fourth-order valence-corrected chi connectivity index (χ4v) is 5.99. The van der Waals surface area contributed by atoms with Crippen LogP contribution in [-0.2, 0) is 11.4 Å². The SMILES string of the molecule is O=C([O-])CCSC1c2ccccc2COc2ccc(/C=C/c3nc4cc(F)ccc4s3)cc21.[Na+]. The molecule has 0 saturated heterocycles. The number of aromatic nitrogens is 1. The van der Waals surface area contributed by atoms with Crippen LogP contribution in [0.4, 0.5) is 4.39 Å². The maximum Gasteiger partial charge on any atom is 1.00 e. The number of nitrogens with zero attached hydrogens (tertiary/aromatic N) is 1. The Balaban J connectivity index is 0.00000274. The predicted molar refractivity (Wildman–Crippen MR) is 130 cm³/mol. The van der Waals surface area contributed by atoms with Crippen LogP contribution >= 0.6 is 23.1 Å². The van der Waals surface area contributed by atoms with Crippen LogP contribution in [0.5, 0.6) is 5.75 Å². The van der Waals surface area contributed by atoms with E-state index in [1.165, 1.54) is 23.5 Å². The third-order valence-corrected chi connectivity index (χ3v) is 7.69. The smallest absolute Gasteiger partial charge is 0.550 e. The van der Waals surface area contributed by atoms with Crippen molar-refractivity contribution in [3.63, 3.8) is 0 Å². The standard InChI is InChI=1S/C26H20FNO3S2.Na/c27-18-7-9-23-21(14-18)28-24(33-23)10-6-16-5-8-22-20(13-16)26(32-12-11-25(29)30)19-4-2-1-3-17(19)15-31-22;/h1-10,13-14,26H,11-12,15H2,(H,29,30);/q;+1/p-1/b10-6+;. The van der Waals surface area contributed by atoms with Crippen LogP contribution in [0.25, 0.3) is 22.4 Å². The fourth-order valence-electron chi connectivity index (χ4n) is 3.85. The van der Waals surface area contributed by atoms with Gasteiger partial charge in [-0.25, -0.2) is 9.37 Å². The van der Waals surface area contributed by atoms with Crippen molar-refractivity contribution in [3.8, 4) is 5.75 Å². The van der Waals surface area contributed by atoms with Gasteiger partial charge in [0.15, 0.2) is 0 Å². The molecule has 8 heteroatoms. The number of thiazole rings is 1. The second-order valence-corrected chi connectivity index (χ2v) is 9.93. The molecule has 4 nitrogen and oxygen atoms in total. The van der Waals surface area contributed by atoms with Crippen LogP contribution < -0.4 is 39.4 Å². The number of halogens is 1. The molecule has 2 heterocycles. The summed E-state index contributed by atoms with van der Waals surface area (Å²) in [4.78, 5) is 15.5. The second kappa shape index (κ2) is 11.1. The van der Waals surface area contributed by atoms with Crippen molar-refractivity contribution in [1.29, 1.82) is 0 Å². The first kappa shape index (κ1) is 24.9. The summed E-state index contributed by atoms with van der Waals surface area (Å²) in [5.74, 6) is -0.0991. The third-order valence-electron chi connectivity index (χ3n) is 5.41. The molecule has 0 aliphatic carbocycles. The Hall–Kier alpha value is -2.16. The van der Waals surface area contributed by atoms with E-state index in [1.54, 1.807) is 17.8 Å². The van der Waals surface area contributed by atoms with E-state index in [0.717, 1.165) is 37.7 Å². The van der Waals surface area contributed by atoms with E-state index in [4.69, 9.17) is 4.74 Å². The molecule has 1 unspecified atom stereocenters. The van der Waals surface area contributed by atoms with Crippen LogP contribution in [0.2, 0.25) is 0 Å². The number of ether oxygens (including phenoxy) is 1. The average molecular weight is 500 g/mol. The minimum Gasteiger partial charge on any atom is -0.550 e. The Morgan fingerprint density at radius 2 is 2.00 bits per heavy atom. The summed E-state index contributed by atoms with van der Waals surface area (Å²) in [7, 11) is 0. The van der Waals surface area contributed by atoms with Gasteiger partial charge >= 0.3 is 29.6 Å². The first-order valence-corrected chi connectivity index (χ1v) is 12.3. The molecule has 0 spiro atoms. The topological polar surface area (TPSA) is 62.2 Å². The zero-order valence-electron chi connectivity index (χ0n) is 18.5. The van der Waals surface area contributed by atoms with Crippen LogP contribution in [0.3, 0.4) is 0 Å². The summed E-state index contributed by atoms with van der Waals surface area (Å²) in [6, 6.07) is 18.8. The van der Waals surface area contributed by atoms with Crippen LogP contribution in [-0.4, -0.2) is 16.7 Å². The van der Waals surface area contributed by atoms with E-state index in [2.05, 4.69) is 17.1 Å². The molecule has 5 rings (SSSR count). The van der Waals surface area contributed by atoms with E-state index in [1.807, 2.05) is 42.5 Å². The van der Waals surface area contributed by atoms with Gasteiger partial charge in [0.2, 0.25) is 0 Å². The average Bonchev–Trinajstić information content (AvgIpc) is 3.14. The summed E-state index contributed by atoms with van der Waals surface area (Å²) in [5, 5.41) is 11.7. The largest absolute Gasteiger partial charge is 1.00 e. The summed E-state index contributed by atoms with van der Waals surface area (Å²) in [6.45, 7) is 0.470. The van der Waals surface area contributed by atoms with Gasteiger partial charge in [0, 0.05) is 17.6 Å². The molecule has 1 atom stereocenters. The molecule has 3 aromatic carbocycles. The molecule has 1 aliphatic rings. The fraction of sp³-hybridized carbons (Fsp3) is 0.154. The number of carbonyl (C=O) groups is 1. The van der Waals surface area contributed by atoms with Crippen molar-refractivity contribution < 1.29 is 48.6 Å². The van der Waals surface area contributed by atoms with Gasteiger partial charge in [-0.05, 0) is 59.2 Å². The maximum absolute atomic E-state index is 13.5. The van der Waals surface area contributed by atoms with Gasteiger partial charge in [-0.15, -0.1) is 23.1 Å². The number of carboxylic acid groups (broad SMARTS) is 1. The molecule has 166 valence electrons. The molecule has 1 aromatic heterocycles. The Bertz CT molecular complexity index is 1370. The molecule has 0 saturated carbocycles. The Kier molecular flexibility index (Phi) is 8.11. The van der Waals surface area contributed by atoms with Crippen molar-refractivity contribution in [2.75, 3.05) is 5.75 Å². The summed E-state index contributed by atoms with van der Waals surface area (Å²) in [6.07, 6.45) is 3.90. The summed E-state index contributed by atoms with van der Waals surface area (Å²) in [5.41, 5.74) is 4.87. The molecule has 34 heavy (non-hydrogen) atoms. The summed E-state index contributed by atoms with van der Waals surface area (Å²) < 4.78 is 20.5. The minimum atomic E-state index is -1.05. The van der Waals surface area contributed by atoms with Crippen molar-refractivity contribution in [2.24, 2.45) is 0 Å². The molecule has 0 amide bonds. The van der Waals surface area contributed by atoms with Gasteiger partial charge in [-0.2, -0.15) is 0 Å². The molecular weight excluding hydrogens is 480 g/mol. The number of hydrogen-bond acceptors (Lipinski definition) is 6. The monoisotopic (exact) mass is 499 g/mol. The Morgan fingerprint density at radius 3 is 2.85 bits per heavy atom. The molecular formula is C26H19FNNaO3S2. The number of aliphatic carboxylic acids is 1. The van der Waals surface area contributed by atoms with Crippen LogP contribution in [0.15, 0.2) is 60.7 Å². The number of thioether (sulfide) groups is 1. The first-order chi connectivity index (χ1) is 16.1. The number of rotatable bonds is 6. The van der Waals surface area contributed by atoms with Gasteiger partial charge in [0.25, 0.3) is 0 Å². The van der Waals surface area contributed by atoms with E-state index in [-0.39, 0.29) is 47.0 Å². The molecule has 0 N–H and O–H groups in total. The van der Waals surface area contributed by atoms with E-state index >= 15 is 0 Å². The van der Waals surface area contributed by atoms with Crippen molar-refractivity contribution >= 4 is 51.4 Å². The predicted octanol–water partition coefficient (Wildman–Crippen LogP) is 2.46.